The number of aromatic hydroxyl groups is 1. The largest absolute Gasteiger partial charge is 0.507 e. The molecule has 3 aromatic rings. The number of hydrogen-bond donors (Lipinski definition) is 2. The quantitative estimate of drug-likeness (QED) is 0.714. The first-order valence-electron chi connectivity index (χ1n) is 9.32. The Bertz CT molecular complexity index is 978. The fourth-order valence-electron chi connectivity index (χ4n) is 4.04. The van der Waals surface area contributed by atoms with Crippen molar-refractivity contribution in [3.05, 3.63) is 64.5 Å². The highest BCUT2D eigenvalue weighted by Gasteiger charge is 2.25. The van der Waals surface area contributed by atoms with Crippen LogP contribution in [0, 0.1) is 0 Å². The summed E-state index contributed by atoms with van der Waals surface area (Å²) >= 11 is 0. The van der Waals surface area contributed by atoms with Crippen molar-refractivity contribution in [2.75, 3.05) is 6.54 Å². The van der Waals surface area contributed by atoms with E-state index in [1.165, 1.54) is 30.2 Å². The lowest BCUT2D eigenvalue weighted by molar-refractivity contribution is -0.941. The molecule has 0 bridgehead atoms. The van der Waals surface area contributed by atoms with Gasteiger partial charge in [-0.1, -0.05) is 30.3 Å². The van der Waals surface area contributed by atoms with Gasteiger partial charge >= 0.3 is 5.63 Å². The average Bonchev–Trinajstić information content (AvgIpc) is 2.66. The van der Waals surface area contributed by atoms with E-state index in [1.54, 1.807) is 6.07 Å². The van der Waals surface area contributed by atoms with Gasteiger partial charge in [0.1, 0.15) is 12.3 Å². The molecule has 2 atom stereocenters. The normalized spacial score (nSPS) is 20.3. The minimum absolute atomic E-state index is 0.205. The third kappa shape index (κ3) is 3.13. The van der Waals surface area contributed by atoms with E-state index < -0.39 is 0 Å². The van der Waals surface area contributed by atoms with Crippen LogP contribution in [0.4, 0.5) is 0 Å². The lowest BCUT2D eigenvalue weighted by Crippen LogP contribution is -3.14. The summed E-state index contributed by atoms with van der Waals surface area (Å²) in [5, 5.41) is 11.4. The first-order chi connectivity index (χ1) is 12.6. The predicted octanol–water partition coefficient (Wildman–Crippen LogP) is 3.12. The number of piperidine rings is 1. The number of hydrogen-bond acceptors (Lipinski definition) is 3. The molecular weight excluding hydrogens is 326 g/mol. The van der Waals surface area contributed by atoms with Crippen molar-refractivity contribution in [3.8, 4) is 16.9 Å². The minimum Gasteiger partial charge on any atom is -0.507 e. The summed E-state index contributed by atoms with van der Waals surface area (Å²) in [5.74, 6) is 0.205. The average molecular weight is 350 g/mol. The summed E-state index contributed by atoms with van der Waals surface area (Å²) in [5.41, 5.74) is 2.69. The lowest BCUT2D eigenvalue weighted by Gasteiger charge is -2.30. The highest BCUT2D eigenvalue weighted by Crippen LogP contribution is 2.32. The van der Waals surface area contributed by atoms with E-state index >= 15 is 0 Å². The summed E-state index contributed by atoms with van der Waals surface area (Å²) in [6.45, 7) is 4.01. The Balaban J connectivity index is 1.87. The molecule has 0 radical (unpaired) electrons. The van der Waals surface area contributed by atoms with E-state index in [0.717, 1.165) is 28.6 Å². The third-order valence-electron chi connectivity index (χ3n) is 5.56. The van der Waals surface area contributed by atoms with Crippen LogP contribution in [0.5, 0.6) is 5.75 Å². The highest BCUT2D eigenvalue weighted by atomic mass is 16.4. The monoisotopic (exact) mass is 350 g/mol. The molecular formula is C22H24NO3+. The van der Waals surface area contributed by atoms with Crippen molar-refractivity contribution >= 4 is 11.0 Å². The number of rotatable bonds is 3. The van der Waals surface area contributed by atoms with E-state index in [-0.39, 0.29) is 11.4 Å². The molecule has 1 aliphatic heterocycles. The maximum absolute atomic E-state index is 12.2. The van der Waals surface area contributed by atoms with Crippen LogP contribution in [0.2, 0.25) is 0 Å². The molecule has 4 rings (SSSR count). The van der Waals surface area contributed by atoms with Crippen LogP contribution in [0.15, 0.2) is 57.7 Å². The number of benzene rings is 2. The molecule has 1 aromatic heterocycles. The summed E-state index contributed by atoms with van der Waals surface area (Å²) in [4.78, 5) is 13.7. The molecule has 1 fully saturated rings. The van der Waals surface area contributed by atoms with Crippen LogP contribution in [0.25, 0.3) is 22.1 Å². The van der Waals surface area contributed by atoms with Crippen molar-refractivity contribution in [2.24, 2.45) is 0 Å². The zero-order valence-electron chi connectivity index (χ0n) is 15.0. The van der Waals surface area contributed by atoms with Crippen molar-refractivity contribution in [1.29, 1.82) is 0 Å². The number of phenolic OH excluding ortho intramolecular Hbond substituents is 1. The van der Waals surface area contributed by atoms with Gasteiger partial charge in [0, 0.05) is 11.5 Å². The van der Waals surface area contributed by atoms with Gasteiger partial charge in [-0.15, -0.1) is 0 Å². The fourth-order valence-corrected chi connectivity index (χ4v) is 4.04. The molecule has 0 saturated carbocycles. The molecule has 1 unspecified atom stereocenters. The summed E-state index contributed by atoms with van der Waals surface area (Å²) in [7, 11) is 0. The van der Waals surface area contributed by atoms with Crippen LogP contribution < -0.4 is 10.5 Å². The lowest BCUT2D eigenvalue weighted by atomic mass is 9.98. The zero-order chi connectivity index (χ0) is 18.1. The first kappa shape index (κ1) is 16.9. The summed E-state index contributed by atoms with van der Waals surface area (Å²) in [6.07, 6.45) is 3.66. The Labute approximate surface area is 152 Å². The zero-order valence-corrected chi connectivity index (χ0v) is 15.0. The van der Waals surface area contributed by atoms with Crippen LogP contribution in [0.1, 0.15) is 31.7 Å². The van der Waals surface area contributed by atoms with Gasteiger partial charge in [-0.3, -0.25) is 0 Å². The van der Waals surface area contributed by atoms with Gasteiger partial charge < -0.3 is 14.4 Å². The third-order valence-corrected chi connectivity index (χ3v) is 5.56. The van der Waals surface area contributed by atoms with Crippen molar-refractivity contribution in [3.63, 3.8) is 0 Å². The Morgan fingerprint density at radius 3 is 2.73 bits per heavy atom. The Morgan fingerprint density at radius 1 is 1.15 bits per heavy atom. The number of nitrogens with one attached hydrogen (secondary N) is 1. The molecule has 4 heteroatoms. The maximum Gasteiger partial charge on any atom is 0.336 e. The molecule has 26 heavy (non-hydrogen) atoms. The van der Waals surface area contributed by atoms with Crippen molar-refractivity contribution in [1.82, 2.24) is 0 Å². The SMILES string of the molecule is C[C@@H]1CCCC[NH+]1Cc1c(O)ccc2c(-c3ccccc3)cc(=O)oc12. The summed E-state index contributed by atoms with van der Waals surface area (Å²) < 4.78 is 5.58. The van der Waals surface area contributed by atoms with E-state index in [9.17, 15) is 9.90 Å². The molecule has 134 valence electrons. The van der Waals surface area contributed by atoms with Crippen LogP contribution in [-0.2, 0) is 6.54 Å². The van der Waals surface area contributed by atoms with Gasteiger partial charge in [-0.2, -0.15) is 0 Å². The number of fused-ring (bicyclic) bond motifs is 1. The van der Waals surface area contributed by atoms with Crippen LogP contribution >= 0.6 is 0 Å². The van der Waals surface area contributed by atoms with Gasteiger partial charge in [-0.25, -0.2) is 4.79 Å². The number of likely N-dealkylation sites (tertiary alicyclic amines) is 1. The van der Waals surface area contributed by atoms with Gasteiger partial charge in [0.05, 0.1) is 18.2 Å². The number of quaternary nitrogens is 1. The smallest absolute Gasteiger partial charge is 0.336 e. The number of phenols is 1. The van der Waals surface area contributed by atoms with Gasteiger partial charge in [0.25, 0.3) is 0 Å². The maximum atomic E-state index is 12.2. The molecule has 2 N–H and O–H groups in total. The fraction of sp³-hybridized carbons (Fsp3) is 0.318. The van der Waals surface area contributed by atoms with Crippen molar-refractivity contribution < 1.29 is 14.4 Å². The van der Waals surface area contributed by atoms with Gasteiger partial charge in [-0.05, 0) is 49.4 Å². The second-order valence-electron chi connectivity index (χ2n) is 7.27. The second kappa shape index (κ2) is 6.96. The van der Waals surface area contributed by atoms with E-state index in [4.69, 9.17) is 4.42 Å². The molecule has 0 spiro atoms. The van der Waals surface area contributed by atoms with E-state index in [1.807, 2.05) is 36.4 Å². The molecule has 1 aliphatic rings. The Hall–Kier alpha value is -2.59. The summed E-state index contributed by atoms with van der Waals surface area (Å²) in [6, 6.07) is 15.5. The molecule has 2 heterocycles. The topological polar surface area (TPSA) is 54.9 Å². The Morgan fingerprint density at radius 2 is 1.96 bits per heavy atom. The van der Waals surface area contributed by atoms with Crippen molar-refractivity contribution in [2.45, 2.75) is 38.8 Å². The Kier molecular flexibility index (Phi) is 4.51. The molecule has 2 aromatic carbocycles. The van der Waals surface area contributed by atoms with E-state index in [0.29, 0.717) is 18.2 Å². The molecule has 0 aliphatic carbocycles. The standard InChI is InChI=1S/C22H23NO3/c1-15-7-5-6-12-23(15)14-19-20(24)11-10-17-18(13-21(25)26-22(17)19)16-8-3-2-4-9-16/h2-4,8-11,13,15,24H,5-7,12,14H2,1H3/p+1/t15-/m1/s1. The molecule has 1 saturated heterocycles. The highest BCUT2D eigenvalue weighted by molar-refractivity contribution is 5.95. The molecule has 4 nitrogen and oxygen atoms in total. The first-order valence-corrected chi connectivity index (χ1v) is 9.32. The predicted molar refractivity (Wildman–Crippen MR) is 102 cm³/mol. The minimum atomic E-state index is -0.384. The van der Waals surface area contributed by atoms with Gasteiger partial charge in [0.2, 0.25) is 0 Å². The van der Waals surface area contributed by atoms with E-state index in [2.05, 4.69) is 6.92 Å². The van der Waals surface area contributed by atoms with Crippen LogP contribution in [-0.4, -0.2) is 17.7 Å². The van der Waals surface area contributed by atoms with Crippen LogP contribution in [0.3, 0.4) is 0 Å². The second-order valence-corrected chi connectivity index (χ2v) is 7.27. The van der Waals surface area contributed by atoms with Gasteiger partial charge in [0.15, 0.2) is 5.58 Å². The molecule has 0 amide bonds.